The molecule has 106 valence electrons. The lowest BCUT2D eigenvalue weighted by molar-refractivity contribution is -0.145. The van der Waals surface area contributed by atoms with E-state index in [4.69, 9.17) is 30.9 Å². The highest BCUT2D eigenvalue weighted by Gasteiger charge is 2.12. The molecule has 0 aromatic heterocycles. The van der Waals surface area contributed by atoms with Crippen LogP contribution in [-0.4, -0.2) is 38.0 Å². The summed E-state index contributed by atoms with van der Waals surface area (Å²) in [5.41, 5.74) is 0.754. The van der Waals surface area contributed by atoms with Crippen molar-refractivity contribution in [2.24, 2.45) is 0 Å². The van der Waals surface area contributed by atoms with Gasteiger partial charge in [-0.15, -0.1) is 0 Å². The monoisotopic (exact) mass is 288 g/mol. The van der Waals surface area contributed by atoms with Crippen LogP contribution in [0.4, 0.5) is 0 Å². The van der Waals surface area contributed by atoms with Gasteiger partial charge in [-0.05, 0) is 25.0 Å². The highest BCUT2D eigenvalue weighted by atomic mass is 35.5. The van der Waals surface area contributed by atoms with E-state index < -0.39 is 5.97 Å². The standard InChI is InChI=1S/C13H17ClO5/c1-3-18-13(16)8-19-12-7-10(14)9(4-5-15)6-11(12)17-2/h6-7,15H,3-5,8H2,1-2H3. The molecule has 0 unspecified atom stereocenters. The van der Waals surface area contributed by atoms with Crippen LogP contribution in [0.5, 0.6) is 11.5 Å². The minimum atomic E-state index is -0.458. The lowest BCUT2D eigenvalue weighted by Crippen LogP contribution is -2.15. The van der Waals surface area contributed by atoms with Gasteiger partial charge < -0.3 is 19.3 Å². The molecule has 19 heavy (non-hydrogen) atoms. The molecule has 0 aliphatic carbocycles. The van der Waals surface area contributed by atoms with Crippen LogP contribution in [-0.2, 0) is 16.0 Å². The number of hydrogen-bond donors (Lipinski definition) is 1. The fraction of sp³-hybridized carbons (Fsp3) is 0.462. The molecule has 0 aliphatic heterocycles. The van der Waals surface area contributed by atoms with E-state index in [1.165, 1.54) is 7.11 Å². The smallest absolute Gasteiger partial charge is 0.344 e. The Kier molecular flexibility index (Phi) is 6.45. The van der Waals surface area contributed by atoms with Gasteiger partial charge in [0.15, 0.2) is 18.1 Å². The van der Waals surface area contributed by atoms with Gasteiger partial charge in [0.1, 0.15) is 0 Å². The number of aliphatic hydroxyl groups is 1. The highest BCUT2D eigenvalue weighted by molar-refractivity contribution is 6.31. The van der Waals surface area contributed by atoms with Gasteiger partial charge in [-0.3, -0.25) is 0 Å². The van der Waals surface area contributed by atoms with Crippen LogP contribution in [0.1, 0.15) is 12.5 Å². The van der Waals surface area contributed by atoms with Crippen molar-refractivity contribution in [3.63, 3.8) is 0 Å². The summed E-state index contributed by atoms with van der Waals surface area (Å²) in [7, 11) is 1.49. The van der Waals surface area contributed by atoms with E-state index in [0.29, 0.717) is 29.5 Å². The van der Waals surface area contributed by atoms with E-state index in [-0.39, 0.29) is 13.2 Å². The number of benzene rings is 1. The van der Waals surface area contributed by atoms with E-state index >= 15 is 0 Å². The Morgan fingerprint density at radius 1 is 1.37 bits per heavy atom. The molecule has 0 spiro atoms. The minimum absolute atomic E-state index is 0.00803. The molecule has 1 aromatic carbocycles. The number of hydrogen-bond acceptors (Lipinski definition) is 5. The molecule has 0 saturated heterocycles. The Balaban J connectivity index is 2.82. The van der Waals surface area contributed by atoms with E-state index in [1.54, 1.807) is 19.1 Å². The van der Waals surface area contributed by atoms with Gasteiger partial charge in [0.25, 0.3) is 0 Å². The number of ether oxygens (including phenoxy) is 3. The predicted molar refractivity (Wildman–Crippen MR) is 70.9 cm³/mol. The molecule has 1 aromatic rings. The van der Waals surface area contributed by atoms with Crippen molar-refractivity contribution in [3.05, 3.63) is 22.7 Å². The Bertz CT molecular complexity index is 433. The van der Waals surface area contributed by atoms with Gasteiger partial charge in [-0.25, -0.2) is 4.79 Å². The van der Waals surface area contributed by atoms with E-state index in [2.05, 4.69) is 0 Å². The summed E-state index contributed by atoms with van der Waals surface area (Å²) in [4.78, 5) is 11.2. The maximum Gasteiger partial charge on any atom is 0.344 e. The van der Waals surface area contributed by atoms with Gasteiger partial charge in [-0.1, -0.05) is 11.6 Å². The van der Waals surface area contributed by atoms with Crippen LogP contribution >= 0.6 is 11.6 Å². The van der Waals surface area contributed by atoms with Crippen LogP contribution in [0, 0.1) is 0 Å². The normalized spacial score (nSPS) is 10.1. The Hall–Kier alpha value is -1.46. The van der Waals surface area contributed by atoms with Crippen LogP contribution in [0.25, 0.3) is 0 Å². The van der Waals surface area contributed by atoms with Crippen molar-refractivity contribution in [3.8, 4) is 11.5 Å². The number of esters is 1. The van der Waals surface area contributed by atoms with E-state index in [9.17, 15) is 4.79 Å². The zero-order chi connectivity index (χ0) is 14.3. The highest BCUT2D eigenvalue weighted by Crippen LogP contribution is 2.33. The molecule has 0 saturated carbocycles. The van der Waals surface area contributed by atoms with E-state index in [1.807, 2.05) is 0 Å². The summed E-state index contributed by atoms with van der Waals surface area (Å²) in [6, 6.07) is 3.24. The zero-order valence-electron chi connectivity index (χ0n) is 10.9. The second-order valence-electron chi connectivity index (χ2n) is 3.66. The third-order valence-corrected chi connectivity index (χ3v) is 2.72. The first-order valence-electron chi connectivity index (χ1n) is 5.88. The molecular weight excluding hydrogens is 272 g/mol. The van der Waals surface area contributed by atoms with Crippen molar-refractivity contribution >= 4 is 17.6 Å². The number of methoxy groups -OCH3 is 1. The van der Waals surface area contributed by atoms with Gasteiger partial charge in [0, 0.05) is 17.7 Å². The van der Waals surface area contributed by atoms with Crippen molar-refractivity contribution in [2.75, 3.05) is 26.9 Å². The molecule has 0 fully saturated rings. The summed E-state index contributed by atoms with van der Waals surface area (Å²) in [6.07, 6.45) is 0.424. The van der Waals surface area contributed by atoms with E-state index in [0.717, 1.165) is 5.56 Å². The number of carbonyl (C=O) groups is 1. The first kappa shape index (κ1) is 15.6. The van der Waals surface area contributed by atoms with Gasteiger partial charge in [0.05, 0.1) is 13.7 Å². The molecular formula is C13H17ClO5. The molecule has 1 N–H and O–H groups in total. The average Bonchev–Trinajstić information content (AvgIpc) is 2.39. The summed E-state index contributed by atoms with van der Waals surface area (Å²) in [6.45, 7) is 1.81. The summed E-state index contributed by atoms with van der Waals surface area (Å²) in [5.74, 6) is 0.361. The fourth-order valence-corrected chi connectivity index (χ4v) is 1.75. The van der Waals surface area contributed by atoms with Crippen molar-refractivity contribution in [1.82, 2.24) is 0 Å². The van der Waals surface area contributed by atoms with Crippen molar-refractivity contribution < 1.29 is 24.1 Å². The number of carbonyl (C=O) groups excluding carboxylic acids is 1. The molecule has 1 rings (SSSR count). The Labute approximate surface area is 117 Å². The lowest BCUT2D eigenvalue weighted by atomic mass is 10.1. The average molecular weight is 289 g/mol. The fourth-order valence-electron chi connectivity index (χ4n) is 1.50. The second kappa shape index (κ2) is 7.86. The number of aliphatic hydroxyl groups excluding tert-OH is 1. The maximum atomic E-state index is 11.2. The summed E-state index contributed by atoms with van der Waals surface area (Å²) >= 11 is 6.05. The molecule has 0 radical (unpaired) electrons. The first-order chi connectivity index (χ1) is 9.12. The molecule has 0 atom stereocenters. The zero-order valence-corrected chi connectivity index (χ0v) is 11.7. The molecule has 5 nitrogen and oxygen atoms in total. The molecule has 0 bridgehead atoms. The molecule has 0 heterocycles. The minimum Gasteiger partial charge on any atom is -0.493 e. The Morgan fingerprint density at radius 2 is 2.11 bits per heavy atom. The second-order valence-corrected chi connectivity index (χ2v) is 4.07. The number of rotatable bonds is 7. The van der Waals surface area contributed by atoms with Gasteiger partial charge in [0.2, 0.25) is 0 Å². The summed E-state index contributed by atoms with van der Waals surface area (Å²) in [5, 5.41) is 9.37. The topological polar surface area (TPSA) is 65.0 Å². The van der Waals surface area contributed by atoms with Gasteiger partial charge in [-0.2, -0.15) is 0 Å². The quantitative estimate of drug-likeness (QED) is 0.776. The van der Waals surface area contributed by atoms with Crippen LogP contribution in [0.3, 0.4) is 0 Å². The number of halogens is 1. The molecule has 0 aliphatic rings. The predicted octanol–water partition coefficient (Wildman–Crippen LogP) is 1.83. The summed E-state index contributed by atoms with van der Waals surface area (Å²) < 4.78 is 15.2. The largest absolute Gasteiger partial charge is 0.493 e. The molecule has 6 heteroatoms. The molecule has 0 amide bonds. The lowest BCUT2D eigenvalue weighted by Gasteiger charge is -2.13. The third-order valence-electron chi connectivity index (χ3n) is 2.36. The Morgan fingerprint density at radius 3 is 2.68 bits per heavy atom. The SMILES string of the molecule is CCOC(=O)COc1cc(Cl)c(CCO)cc1OC. The van der Waals surface area contributed by atoms with Crippen LogP contribution in [0.15, 0.2) is 12.1 Å². The first-order valence-corrected chi connectivity index (χ1v) is 6.25. The van der Waals surface area contributed by atoms with Crippen molar-refractivity contribution in [2.45, 2.75) is 13.3 Å². The maximum absolute atomic E-state index is 11.2. The van der Waals surface area contributed by atoms with Crippen molar-refractivity contribution in [1.29, 1.82) is 0 Å². The van der Waals surface area contributed by atoms with Crippen LogP contribution in [0.2, 0.25) is 5.02 Å². The third kappa shape index (κ3) is 4.61. The van der Waals surface area contributed by atoms with Crippen LogP contribution < -0.4 is 9.47 Å². The van der Waals surface area contributed by atoms with Gasteiger partial charge >= 0.3 is 5.97 Å².